The Morgan fingerprint density at radius 2 is 2.29 bits per heavy atom. The van der Waals surface area contributed by atoms with E-state index in [4.69, 9.17) is 0 Å². The van der Waals surface area contributed by atoms with Gasteiger partial charge in [0.05, 0.1) is 11.7 Å². The van der Waals surface area contributed by atoms with Crippen molar-refractivity contribution in [3.63, 3.8) is 0 Å². The highest BCUT2D eigenvalue weighted by atomic mass is 16.2. The summed E-state index contributed by atoms with van der Waals surface area (Å²) >= 11 is 0. The van der Waals surface area contributed by atoms with Gasteiger partial charge in [0.2, 0.25) is 5.91 Å². The molecule has 1 aromatic heterocycles. The molecule has 1 heterocycles. The zero-order valence-electron chi connectivity index (χ0n) is 8.90. The maximum absolute atomic E-state index is 11.2. The molecule has 0 aliphatic carbocycles. The summed E-state index contributed by atoms with van der Waals surface area (Å²) in [4.78, 5) is 17.2. The minimum absolute atomic E-state index is 0.0718. The molecule has 0 aromatic carbocycles. The Morgan fingerprint density at radius 3 is 2.71 bits per heavy atom. The van der Waals surface area contributed by atoms with E-state index in [1.807, 2.05) is 25.2 Å². The topological polar surface area (TPSA) is 33.2 Å². The molecule has 0 saturated carbocycles. The second-order valence-corrected chi connectivity index (χ2v) is 3.31. The zero-order valence-corrected chi connectivity index (χ0v) is 8.90. The van der Waals surface area contributed by atoms with Crippen LogP contribution < -0.4 is 0 Å². The highest BCUT2D eigenvalue weighted by Gasteiger charge is 2.17. The van der Waals surface area contributed by atoms with Crippen LogP contribution >= 0.6 is 0 Å². The van der Waals surface area contributed by atoms with E-state index < -0.39 is 0 Å². The van der Waals surface area contributed by atoms with Gasteiger partial charge in [-0.1, -0.05) is 13.0 Å². The monoisotopic (exact) mass is 192 g/mol. The van der Waals surface area contributed by atoms with Gasteiger partial charge in [0.25, 0.3) is 0 Å². The van der Waals surface area contributed by atoms with Gasteiger partial charge in [-0.15, -0.1) is 0 Å². The van der Waals surface area contributed by atoms with Crippen molar-refractivity contribution in [1.82, 2.24) is 9.88 Å². The predicted molar refractivity (Wildman–Crippen MR) is 55.7 cm³/mol. The van der Waals surface area contributed by atoms with Crippen molar-refractivity contribution in [2.45, 2.75) is 26.3 Å². The van der Waals surface area contributed by atoms with Crippen LogP contribution in [0.25, 0.3) is 0 Å². The number of carbonyl (C=O) groups excluding carboxylic acids is 1. The number of amides is 1. The van der Waals surface area contributed by atoms with E-state index in [0.717, 1.165) is 12.1 Å². The Labute approximate surface area is 84.8 Å². The average molecular weight is 192 g/mol. The third-order valence-corrected chi connectivity index (χ3v) is 2.38. The van der Waals surface area contributed by atoms with Crippen LogP contribution in [0.15, 0.2) is 24.4 Å². The summed E-state index contributed by atoms with van der Waals surface area (Å²) in [6.07, 6.45) is 2.64. The average Bonchev–Trinajstić information content (AvgIpc) is 2.20. The lowest BCUT2D eigenvalue weighted by Gasteiger charge is -2.25. The minimum atomic E-state index is 0.0718. The van der Waals surface area contributed by atoms with Crippen LogP contribution in [0.1, 0.15) is 32.0 Å². The van der Waals surface area contributed by atoms with E-state index in [1.165, 1.54) is 0 Å². The summed E-state index contributed by atoms with van der Waals surface area (Å²) in [6, 6.07) is 5.87. The van der Waals surface area contributed by atoms with Gasteiger partial charge < -0.3 is 4.90 Å². The first-order valence-corrected chi connectivity index (χ1v) is 4.81. The molecular weight excluding hydrogens is 176 g/mol. The molecule has 0 fully saturated rings. The van der Waals surface area contributed by atoms with Crippen molar-refractivity contribution in [2.24, 2.45) is 0 Å². The van der Waals surface area contributed by atoms with Crippen molar-refractivity contribution >= 4 is 5.91 Å². The lowest BCUT2D eigenvalue weighted by Crippen LogP contribution is -2.29. The third-order valence-electron chi connectivity index (χ3n) is 2.38. The van der Waals surface area contributed by atoms with E-state index in [9.17, 15) is 4.79 Å². The summed E-state index contributed by atoms with van der Waals surface area (Å²) in [5.74, 6) is 0.0718. The Hall–Kier alpha value is -1.38. The standard InChI is InChI=1S/C11H16N2O/c1-4-11(13(3)9(2)14)10-7-5-6-8-12-10/h5-8,11H,4H2,1-3H3. The lowest BCUT2D eigenvalue weighted by atomic mass is 10.1. The normalized spacial score (nSPS) is 12.2. The number of carbonyl (C=O) groups is 1. The van der Waals surface area contributed by atoms with Crippen LogP contribution in [0, 0.1) is 0 Å². The number of hydrogen-bond donors (Lipinski definition) is 0. The largest absolute Gasteiger partial charge is 0.337 e. The van der Waals surface area contributed by atoms with Crippen LogP contribution in [0.3, 0.4) is 0 Å². The quantitative estimate of drug-likeness (QED) is 0.734. The van der Waals surface area contributed by atoms with E-state index >= 15 is 0 Å². The minimum Gasteiger partial charge on any atom is -0.337 e. The molecule has 3 heteroatoms. The molecule has 1 amide bonds. The summed E-state index contributed by atoms with van der Waals surface area (Å²) in [5.41, 5.74) is 0.952. The first-order valence-electron chi connectivity index (χ1n) is 4.81. The van der Waals surface area contributed by atoms with Gasteiger partial charge in [0, 0.05) is 20.2 Å². The molecular formula is C11H16N2O. The highest BCUT2D eigenvalue weighted by molar-refractivity contribution is 5.73. The molecule has 3 nitrogen and oxygen atoms in total. The lowest BCUT2D eigenvalue weighted by molar-refractivity contribution is -0.129. The fourth-order valence-electron chi connectivity index (χ4n) is 1.47. The molecule has 0 aliphatic rings. The molecule has 0 bridgehead atoms. The SMILES string of the molecule is CCC(c1ccccn1)N(C)C(C)=O. The van der Waals surface area contributed by atoms with Gasteiger partial charge in [0.15, 0.2) is 0 Å². The summed E-state index contributed by atoms with van der Waals surface area (Å²) < 4.78 is 0. The number of nitrogens with zero attached hydrogens (tertiary/aromatic N) is 2. The Bertz CT molecular complexity index is 297. The first kappa shape index (κ1) is 10.7. The third kappa shape index (κ3) is 2.31. The highest BCUT2D eigenvalue weighted by Crippen LogP contribution is 2.20. The smallest absolute Gasteiger partial charge is 0.219 e. The van der Waals surface area contributed by atoms with E-state index in [0.29, 0.717) is 0 Å². The Morgan fingerprint density at radius 1 is 1.57 bits per heavy atom. The number of pyridine rings is 1. The fraction of sp³-hybridized carbons (Fsp3) is 0.455. The van der Waals surface area contributed by atoms with Crippen molar-refractivity contribution in [3.8, 4) is 0 Å². The van der Waals surface area contributed by atoms with Gasteiger partial charge in [-0.05, 0) is 18.6 Å². The molecule has 1 unspecified atom stereocenters. The van der Waals surface area contributed by atoms with Crippen molar-refractivity contribution < 1.29 is 4.79 Å². The molecule has 0 saturated heterocycles. The molecule has 0 N–H and O–H groups in total. The Kier molecular flexibility index (Phi) is 3.63. The van der Waals surface area contributed by atoms with Crippen LogP contribution in [-0.4, -0.2) is 22.8 Å². The van der Waals surface area contributed by atoms with E-state index in [2.05, 4.69) is 11.9 Å². The summed E-state index contributed by atoms with van der Waals surface area (Å²) in [5, 5.41) is 0. The second kappa shape index (κ2) is 4.74. The van der Waals surface area contributed by atoms with Gasteiger partial charge in [0.1, 0.15) is 0 Å². The van der Waals surface area contributed by atoms with Crippen LogP contribution in [0.4, 0.5) is 0 Å². The van der Waals surface area contributed by atoms with Crippen molar-refractivity contribution in [2.75, 3.05) is 7.05 Å². The number of aromatic nitrogens is 1. The number of hydrogen-bond acceptors (Lipinski definition) is 2. The zero-order chi connectivity index (χ0) is 10.6. The maximum atomic E-state index is 11.2. The van der Waals surface area contributed by atoms with Crippen LogP contribution in [0.2, 0.25) is 0 Å². The van der Waals surface area contributed by atoms with Crippen molar-refractivity contribution in [3.05, 3.63) is 30.1 Å². The maximum Gasteiger partial charge on any atom is 0.219 e. The molecule has 1 aromatic rings. The molecule has 0 spiro atoms. The van der Waals surface area contributed by atoms with Gasteiger partial charge in [-0.25, -0.2) is 0 Å². The molecule has 0 aliphatic heterocycles. The molecule has 1 rings (SSSR count). The molecule has 76 valence electrons. The molecule has 0 radical (unpaired) electrons. The number of rotatable bonds is 3. The van der Waals surface area contributed by atoms with Gasteiger partial charge in [-0.3, -0.25) is 9.78 Å². The first-order chi connectivity index (χ1) is 6.66. The van der Waals surface area contributed by atoms with Gasteiger partial charge >= 0.3 is 0 Å². The van der Waals surface area contributed by atoms with Crippen molar-refractivity contribution in [1.29, 1.82) is 0 Å². The van der Waals surface area contributed by atoms with E-state index in [1.54, 1.807) is 18.0 Å². The predicted octanol–water partition coefficient (Wildman–Crippen LogP) is 2.01. The van der Waals surface area contributed by atoms with Gasteiger partial charge in [-0.2, -0.15) is 0 Å². The Balaban J connectivity index is 2.87. The molecule has 1 atom stereocenters. The summed E-state index contributed by atoms with van der Waals surface area (Å²) in [6.45, 7) is 3.63. The summed E-state index contributed by atoms with van der Waals surface area (Å²) in [7, 11) is 1.81. The van der Waals surface area contributed by atoms with Crippen LogP contribution in [-0.2, 0) is 4.79 Å². The second-order valence-electron chi connectivity index (χ2n) is 3.31. The fourth-order valence-corrected chi connectivity index (χ4v) is 1.47. The van der Waals surface area contributed by atoms with Crippen LogP contribution in [0.5, 0.6) is 0 Å². The molecule has 14 heavy (non-hydrogen) atoms. The van der Waals surface area contributed by atoms with E-state index in [-0.39, 0.29) is 11.9 Å².